The Labute approximate surface area is 143 Å². The summed E-state index contributed by atoms with van der Waals surface area (Å²) < 4.78 is 16.7. The topological polar surface area (TPSA) is 44.8 Å². The Morgan fingerprint density at radius 1 is 0.783 bits per heavy atom. The summed E-state index contributed by atoms with van der Waals surface area (Å²) in [5.74, 6) is -0.0658. The standard InChI is InChI=1S/C18H39O4P/c1-6-14-23(15-7-2,16-8-3,17-9-4)22-18(19)10-11-21-13-12-20-5/h6-17H2,1-5H3. The Morgan fingerprint density at radius 2 is 1.26 bits per heavy atom. The Kier molecular flexibility index (Phi) is 12.1. The van der Waals surface area contributed by atoms with E-state index in [-0.39, 0.29) is 5.97 Å². The minimum absolute atomic E-state index is 0.0658. The summed E-state index contributed by atoms with van der Waals surface area (Å²) >= 11 is 0. The first-order valence-corrected chi connectivity index (χ1v) is 12.2. The second-order valence-electron chi connectivity index (χ2n) is 6.57. The summed E-state index contributed by atoms with van der Waals surface area (Å²) in [5, 5.41) is 0. The van der Waals surface area contributed by atoms with Gasteiger partial charge in [-0.25, -0.2) is 0 Å². The van der Waals surface area contributed by atoms with Crippen LogP contribution in [0.2, 0.25) is 0 Å². The second-order valence-corrected chi connectivity index (χ2v) is 12.3. The van der Waals surface area contributed by atoms with E-state index in [4.69, 9.17) is 14.0 Å². The van der Waals surface area contributed by atoms with Gasteiger partial charge in [-0.1, -0.05) is 0 Å². The van der Waals surface area contributed by atoms with Crippen molar-refractivity contribution in [3.05, 3.63) is 0 Å². The van der Waals surface area contributed by atoms with Gasteiger partial charge in [0.05, 0.1) is 0 Å². The molecule has 5 heteroatoms. The van der Waals surface area contributed by atoms with Gasteiger partial charge in [0, 0.05) is 0 Å². The summed E-state index contributed by atoms with van der Waals surface area (Å²) in [6.07, 6.45) is 9.04. The average Bonchev–Trinajstić information content (AvgIpc) is 2.48. The van der Waals surface area contributed by atoms with Gasteiger partial charge in [-0.2, -0.15) is 0 Å². The summed E-state index contributed by atoms with van der Waals surface area (Å²) in [6.45, 7) is 7.96. The Morgan fingerprint density at radius 3 is 1.65 bits per heavy atom. The van der Waals surface area contributed by atoms with Crippen LogP contribution in [0.5, 0.6) is 0 Å². The number of carbonyl (C=O) groups is 1. The third-order valence-electron chi connectivity index (χ3n) is 4.40. The molecule has 0 aliphatic carbocycles. The molecule has 0 saturated carbocycles. The zero-order valence-electron chi connectivity index (χ0n) is 16.1. The third-order valence-corrected chi connectivity index (χ3v) is 11.4. The van der Waals surface area contributed by atoms with Gasteiger partial charge in [0.25, 0.3) is 0 Å². The molecule has 0 aromatic heterocycles. The van der Waals surface area contributed by atoms with E-state index in [1.165, 1.54) is 0 Å². The summed E-state index contributed by atoms with van der Waals surface area (Å²) in [6, 6.07) is 0. The molecular weight excluding hydrogens is 311 g/mol. The van der Waals surface area contributed by atoms with E-state index in [0.717, 1.165) is 50.3 Å². The van der Waals surface area contributed by atoms with Crippen LogP contribution in [0.3, 0.4) is 0 Å². The quantitative estimate of drug-likeness (QED) is 0.317. The van der Waals surface area contributed by atoms with Gasteiger partial charge in [-0.3, -0.25) is 0 Å². The molecule has 0 fully saturated rings. The summed E-state index contributed by atoms with van der Waals surface area (Å²) in [7, 11) is 1.64. The molecule has 0 aliphatic heterocycles. The fourth-order valence-corrected chi connectivity index (χ4v) is 10.7. The molecule has 0 spiro atoms. The maximum absolute atomic E-state index is 12.5. The van der Waals surface area contributed by atoms with E-state index in [0.29, 0.717) is 26.2 Å². The summed E-state index contributed by atoms with van der Waals surface area (Å²) in [4.78, 5) is 12.5. The minimum atomic E-state index is -2.40. The first-order chi connectivity index (χ1) is 11.0. The molecule has 0 aromatic rings. The van der Waals surface area contributed by atoms with Crippen LogP contribution in [0, 0.1) is 0 Å². The predicted octanol–water partition coefficient (Wildman–Crippen LogP) is 4.69. The van der Waals surface area contributed by atoms with Crippen LogP contribution in [0.1, 0.15) is 59.8 Å². The van der Waals surface area contributed by atoms with Gasteiger partial charge in [0.1, 0.15) is 0 Å². The molecule has 0 N–H and O–H groups in total. The van der Waals surface area contributed by atoms with Gasteiger partial charge in [-0.15, -0.1) is 0 Å². The van der Waals surface area contributed by atoms with E-state index in [2.05, 4.69) is 27.7 Å². The van der Waals surface area contributed by atoms with E-state index in [1.54, 1.807) is 7.11 Å². The van der Waals surface area contributed by atoms with Gasteiger partial charge in [0.15, 0.2) is 0 Å². The number of methoxy groups -OCH3 is 1. The van der Waals surface area contributed by atoms with E-state index >= 15 is 0 Å². The average molecular weight is 350 g/mol. The monoisotopic (exact) mass is 350 g/mol. The van der Waals surface area contributed by atoms with Crippen LogP contribution in [-0.4, -0.2) is 57.5 Å². The second kappa shape index (κ2) is 12.2. The molecule has 0 radical (unpaired) electrons. The Balaban J connectivity index is 4.92. The Hall–Kier alpha value is -0.180. The van der Waals surface area contributed by atoms with Crippen LogP contribution >= 0.6 is 6.83 Å². The van der Waals surface area contributed by atoms with Crippen LogP contribution in [0.4, 0.5) is 0 Å². The van der Waals surface area contributed by atoms with Crippen molar-refractivity contribution in [3.8, 4) is 0 Å². The van der Waals surface area contributed by atoms with Gasteiger partial charge >= 0.3 is 143 Å². The number of hydrogen-bond acceptors (Lipinski definition) is 4. The van der Waals surface area contributed by atoms with Crippen LogP contribution in [-0.2, 0) is 18.8 Å². The third kappa shape index (κ3) is 7.96. The molecule has 0 unspecified atom stereocenters. The van der Waals surface area contributed by atoms with Crippen molar-refractivity contribution >= 4 is 12.8 Å². The van der Waals surface area contributed by atoms with E-state index in [1.807, 2.05) is 0 Å². The van der Waals surface area contributed by atoms with E-state index in [9.17, 15) is 4.79 Å². The van der Waals surface area contributed by atoms with Gasteiger partial charge in [-0.05, 0) is 0 Å². The van der Waals surface area contributed by atoms with Crippen LogP contribution in [0.25, 0.3) is 0 Å². The van der Waals surface area contributed by atoms with Gasteiger partial charge < -0.3 is 0 Å². The van der Waals surface area contributed by atoms with Crippen LogP contribution in [0.15, 0.2) is 0 Å². The fraction of sp³-hybridized carbons (Fsp3) is 0.944. The molecule has 0 bridgehead atoms. The molecule has 140 valence electrons. The normalized spacial score (nSPS) is 13.5. The molecule has 0 saturated heterocycles. The zero-order valence-corrected chi connectivity index (χ0v) is 17.0. The summed E-state index contributed by atoms with van der Waals surface area (Å²) in [5.41, 5.74) is 0. The number of ether oxygens (including phenoxy) is 2. The first-order valence-electron chi connectivity index (χ1n) is 9.31. The Bertz CT molecular complexity index is 285. The predicted molar refractivity (Wildman–Crippen MR) is 101 cm³/mol. The van der Waals surface area contributed by atoms with Crippen molar-refractivity contribution < 1.29 is 18.8 Å². The van der Waals surface area contributed by atoms with Crippen molar-refractivity contribution in [1.29, 1.82) is 0 Å². The molecule has 23 heavy (non-hydrogen) atoms. The van der Waals surface area contributed by atoms with Crippen molar-refractivity contribution in [3.63, 3.8) is 0 Å². The van der Waals surface area contributed by atoms with Crippen molar-refractivity contribution in [2.75, 3.05) is 51.6 Å². The first kappa shape index (κ1) is 22.8. The molecular formula is C18H39O4P. The number of hydrogen-bond donors (Lipinski definition) is 0. The van der Waals surface area contributed by atoms with Crippen molar-refractivity contribution in [2.24, 2.45) is 0 Å². The molecule has 0 aromatic carbocycles. The molecule has 4 nitrogen and oxygen atoms in total. The number of rotatable bonds is 15. The SMILES string of the molecule is CCCP(CCC)(CCC)(CCC)OC(=O)CCOCCOC. The molecule has 0 rings (SSSR count). The van der Waals surface area contributed by atoms with Crippen molar-refractivity contribution in [1.82, 2.24) is 0 Å². The maximum atomic E-state index is 12.5. The van der Waals surface area contributed by atoms with E-state index < -0.39 is 6.83 Å². The molecule has 0 atom stereocenters. The number of carbonyl (C=O) groups excluding carboxylic acids is 1. The molecule has 0 aliphatic rings. The van der Waals surface area contributed by atoms with Crippen molar-refractivity contribution in [2.45, 2.75) is 59.8 Å². The molecule has 0 heterocycles. The zero-order chi connectivity index (χ0) is 17.6. The van der Waals surface area contributed by atoms with Crippen LogP contribution < -0.4 is 0 Å². The van der Waals surface area contributed by atoms with Gasteiger partial charge in [0.2, 0.25) is 0 Å². The fourth-order valence-electron chi connectivity index (χ4n) is 3.85. The molecule has 0 amide bonds.